The summed E-state index contributed by atoms with van der Waals surface area (Å²) < 4.78 is 12.1. The summed E-state index contributed by atoms with van der Waals surface area (Å²) >= 11 is 0. The van der Waals surface area contributed by atoms with E-state index in [0.717, 1.165) is 30.5 Å². The molecule has 4 aliphatic rings. The van der Waals surface area contributed by atoms with Crippen LogP contribution in [0.3, 0.4) is 0 Å². The van der Waals surface area contributed by atoms with Crippen molar-refractivity contribution in [2.24, 2.45) is 0 Å². The molecule has 3 atom stereocenters. The second-order valence-corrected chi connectivity index (χ2v) is 7.66. The highest BCUT2D eigenvalue weighted by atomic mass is 16.7. The van der Waals surface area contributed by atoms with Crippen LogP contribution in [0.5, 0.6) is 0 Å². The van der Waals surface area contributed by atoms with Gasteiger partial charge in [-0.25, -0.2) is 0 Å². The average Bonchev–Trinajstić information content (AvgIpc) is 2.99. The third-order valence-electron chi connectivity index (χ3n) is 5.75. The number of allylic oxidation sites excluding steroid dienone is 6. The Morgan fingerprint density at radius 2 is 2.00 bits per heavy atom. The van der Waals surface area contributed by atoms with E-state index >= 15 is 0 Å². The Labute approximate surface area is 154 Å². The Morgan fingerprint density at radius 1 is 1.15 bits per heavy atom. The molecule has 1 aliphatic carbocycles. The number of hydrogen-bond acceptors (Lipinski definition) is 4. The molecule has 5 rings (SSSR count). The maximum atomic E-state index is 6.21. The van der Waals surface area contributed by atoms with Crippen LogP contribution in [0.2, 0.25) is 0 Å². The molecule has 1 aromatic heterocycles. The third-order valence-corrected chi connectivity index (χ3v) is 5.75. The molecule has 4 nitrogen and oxygen atoms in total. The van der Waals surface area contributed by atoms with Gasteiger partial charge < -0.3 is 14.8 Å². The second-order valence-electron chi connectivity index (χ2n) is 7.66. The van der Waals surface area contributed by atoms with Crippen molar-refractivity contribution in [2.45, 2.75) is 57.2 Å². The molecule has 3 aliphatic heterocycles. The van der Waals surface area contributed by atoms with Crippen molar-refractivity contribution >= 4 is 5.57 Å². The predicted octanol–water partition coefficient (Wildman–Crippen LogP) is 4.16. The number of aryl methyl sites for hydroxylation is 1. The van der Waals surface area contributed by atoms with E-state index < -0.39 is 0 Å². The van der Waals surface area contributed by atoms with Crippen LogP contribution in [-0.4, -0.2) is 23.2 Å². The average molecular weight is 348 g/mol. The summed E-state index contributed by atoms with van der Waals surface area (Å²) in [6, 6.07) is 5.42. The number of hydrogen-bond donors (Lipinski definition) is 1. The van der Waals surface area contributed by atoms with Gasteiger partial charge in [0, 0.05) is 35.6 Å². The lowest BCUT2D eigenvalue weighted by molar-refractivity contribution is -0.000615. The SMILES string of the molecule is Cc1cc(C2=CCC=C3C=C(O[C@@H]4C[C@H]5CC[C@@H](C4)N5)OC=C32)ccn1. The van der Waals surface area contributed by atoms with Gasteiger partial charge in [0.05, 0.1) is 0 Å². The number of ether oxygens (including phenoxy) is 2. The molecule has 1 aromatic rings. The first kappa shape index (κ1) is 15.9. The number of aromatic nitrogens is 1. The summed E-state index contributed by atoms with van der Waals surface area (Å²) in [7, 11) is 0. The summed E-state index contributed by atoms with van der Waals surface area (Å²) in [6.07, 6.45) is 16.1. The largest absolute Gasteiger partial charge is 0.462 e. The molecule has 134 valence electrons. The number of nitrogens with one attached hydrogen (secondary N) is 1. The zero-order chi connectivity index (χ0) is 17.5. The summed E-state index contributed by atoms with van der Waals surface area (Å²) in [5.74, 6) is 0.637. The van der Waals surface area contributed by atoms with Gasteiger partial charge in [-0.05, 0) is 67.9 Å². The Morgan fingerprint density at radius 3 is 2.81 bits per heavy atom. The van der Waals surface area contributed by atoms with E-state index in [1.165, 1.54) is 29.6 Å². The minimum Gasteiger partial charge on any atom is -0.462 e. The first-order chi connectivity index (χ1) is 12.7. The van der Waals surface area contributed by atoms with Crippen molar-refractivity contribution in [1.82, 2.24) is 10.3 Å². The number of fused-ring (bicyclic) bond motifs is 3. The van der Waals surface area contributed by atoms with Crippen LogP contribution in [0.1, 0.15) is 43.4 Å². The third kappa shape index (κ3) is 2.99. The molecule has 2 bridgehead atoms. The maximum absolute atomic E-state index is 6.21. The van der Waals surface area contributed by atoms with Crippen LogP contribution >= 0.6 is 0 Å². The van der Waals surface area contributed by atoms with Gasteiger partial charge in [0.1, 0.15) is 12.4 Å². The van der Waals surface area contributed by atoms with Crippen LogP contribution in [0.4, 0.5) is 0 Å². The van der Waals surface area contributed by atoms with E-state index in [1.807, 2.05) is 19.4 Å². The molecule has 2 saturated heterocycles. The minimum atomic E-state index is 0.261. The van der Waals surface area contributed by atoms with Gasteiger partial charge in [-0.15, -0.1) is 0 Å². The molecule has 26 heavy (non-hydrogen) atoms. The summed E-state index contributed by atoms with van der Waals surface area (Å²) in [5, 5.41) is 3.66. The highest BCUT2D eigenvalue weighted by Gasteiger charge is 2.35. The molecule has 2 fully saturated rings. The van der Waals surface area contributed by atoms with Gasteiger partial charge in [-0.3, -0.25) is 4.98 Å². The molecule has 4 heterocycles. The monoisotopic (exact) mass is 348 g/mol. The Kier molecular flexibility index (Phi) is 3.93. The normalized spacial score (nSPS) is 29.7. The molecule has 0 saturated carbocycles. The summed E-state index contributed by atoms with van der Waals surface area (Å²) in [5.41, 5.74) is 5.74. The van der Waals surface area contributed by atoms with Gasteiger partial charge in [-0.1, -0.05) is 12.2 Å². The van der Waals surface area contributed by atoms with Crippen LogP contribution in [-0.2, 0) is 9.47 Å². The van der Waals surface area contributed by atoms with Crippen molar-refractivity contribution in [3.05, 3.63) is 71.2 Å². The molecule has 0 radical (unpaired) electrons. The van der Waals surface area contributed by atoms with Crippen molar-refractivity contribution in [2.75, 3.05) is 0 Å². The zero-order valence-corrected chi connectivity index (χ0v) is 15.1. The fraction of sp³-hybridized carbons (Fsp3) is 0.409. The molecule has 0 spiro atoms. The van der Waals surface area contributed by atoms with E-state index in [4.69, 9.17) is 9.47 Å². The molecule has 1 N–H and O–H groups in total. The van der Waals surface area contributed by atoms with E-state index in [1.54, 1.807) is 0 Å². The Balaban J connectivity index is 1.32. The van der Waals surface area contributed by atoms with Crippen molar-refractivity contribution in [3.8, 4) is 0 Å². The highest BCUT2D eigenvalue weighted by Crippen LogP contribution is 2.38. The quantitative estimate of drug-likeness (QED) is 0.891. The first-order valence-electron chi connectivity index (χ1n) is 9.60. The summed E-state index contributed by atoms with van der Waals surface area (Å²) in [4.78, 5) is 4.30. The zero-order valence-electron chi connectivity index (χ0n) is 15.1. The van der Waals surface area contributed by atoms with Crippen molar-refractivity contribution in [3.63, 3.8) is 0 Å². The molecule has 0 amide bonds. The lowest BCUT2D eigenvalue weighted by atomic mass is 9.87. The van der Waals surface area contributed by atoms with Crippen LogP contribution in [0.15, 0.2) is 59.9 Å². The fourth-order valence-corrected chi connectivity index (χ4v) is 4.54. The van der Waals surface area contributed by atoms with Crippen LogP contribution in [0.25, 0.3) is 5.57 Å². The highest BCUT2D eigenvalue weighted by molar-refractivity contribution is 5.86. The topological polar surface area (TPSA) is 43.4 Å². The molecular formula is C22H24N2O2. The smallest absolute Gasteiger partial charge is 0.284 e. The number of piperidine rings is 1. The number of pyridine rings is 1. The van der Waals surface area contributed by atoms with Gasteiger partial charge >= 0.3 is 0 Å². The fourth-order valence-electron chi connectivity index (χ4n) is 4.54. The minimum absolute atomic E-state index is 0.261. The van der Waals surface area contributed by atoms with Gasteiger partial charge in [0.25, 0.3) is 5.95 Å². The summed E-state index contributed by atoms with van der Waals surface area (Å²) in [6.45, 7) is 2.02. The van der Waals surface area contributed by atoms with Crippen molar-refractivity contribution in [1.29, 1.82) is 0 Å². The van der Waals surface area contributed by atoms with Crippen LogP contribution < -0.4 is 5.32 Å². The second kappa shape index (κ2) is 6.44. The van der Waals surface area contributed by atoms with E-state index in [2.05, 4.69) is 40.7 Å². The molecule has 4 heteroatoms. The predicted molar refractivity (Wildman–Crippen MR) is 101 cm³/mol. The van der Waals surface area contributed by atoms with E-state index in [-0.39, 0.29) is 6.10 Å². The van der Waals surface area contributed by atoms with E-state index in [0.29, 0.717) is 18.0 Å². The lowest BCUT2D eigenvalue weighted by Gasteiger charge is -2.31. The standard InChI is InChI=1S/C22H24N2O2/c1-14-9-16(7-8-23-14)20-4-2-3-15-10-22(25-13-21(15)20)26-19-11-17-5-6-18(12-19)24-17/h3-4,7-10,13,17-19,24H,2,5-6,11-12H2,1H3/t17-,18+,19-. The first-order valence-corrected chi connectivity index (χ1v) is 9.60. The van der Waals surface area contributed by atoms with Gasteiger partial charge in [0.15, 0.2) is 0 Å². The van der Waals surface area contributed by atoms with Crippen molar-refractivity contribution < 1.29 is 9.47 Å². The van der Waals surface area contributed by atoms with Crippen LogP contribution in [0, 0.1) is 6.92 Å². The van der Waals surface area contributed by atoms with Gasteiger partial charge in [0.2, 0.25) is 0 Å². The number of rotatable bonds is 3. The molecular weight excluding hydrogens is 324 g/mol. The Hall–Kier alpha value is -2.33. The molecule has 0 unspecified atom stereocenters. The molecule has 0 aromatic carbocycles. The number of nitrogens with zero attached hydrogens (tertiary/aromatic N) is 1. The van der Waals surface area contributed by atoms with Gasteiger partial charge in [-0.2, -0.15) is 0 Å². The Bertz CT molecular complexity index is 837. The lowest BCUT2D eigenvalue weighted by Crippen LogP contribution is -2.41. The maximum Gasteiger partial charge on any atom is 0.284 e. The van der Waals surface area contributed by atoms with E-state index in [9.17, 15) is 0 Å².